The first-order chi connectivity index (χ1) is 17.4. The van der Waals surface area contributed by atoms with Crippen LogP contribution in [0.15, 0.2) is 48.6 Å². The summed E-state index contributed by atoms with van der Waals surface area (Å²) >= 11 is 0. The Morgan fingerprint density at radius 2 is 1.61 bits per heavy atom. The van der Waals surface area contributed by atoms with E-state index in [1.54, 1.807) is 39.4 Å². The zero-order valence-corrected chi connectivity index (χ0v) is 21.6. The molecule has 0 bridgehead atoms. The van der Waals surface area contributed by atoms with Crippen molar-refractivity contribution in [2.45, 2.75) is 39.5 Å². The van der Waals surface area contributed by atoms with Crippen molar-refractivity contribution < 1.29 is 28.5 Å². The molecule has 7 heteroatoms. The predicted molar refractivity (Wildman–Crippen MR) is 141 cm³/mol. The number of esters is 1. The number of nitrogens with zero attached hydrogens (tertiary/aromatic N) is 1. The smallest absolute Gasteiger partial charge is 0.333 e. The SMILES string of the molecule is [C-]#[N+]/C(=C\c1ccc(OCCCCCCOC(=O)C(=C)C)c(OCC)c1)c1ccc(OC)c(OC)c1. The van der Waals surface area contributed by atoms with E-state index in [4.69, 9.17) is 30.3 Å². The normalized spacial score (nSPS) is 10.8. The minimum absolute atomic E-state index is 0.340. The molecule has 0 radical (unpaired) electrons. The Kier molecular flexibility index (Phi) is 11.9. The molecular weight excluding hydrogens is 458 g/mol. The van der Waals surface area contributed by atoms with Gasteiger partial charge in [0, 0.05) is 5.57 Å². The summed E-state index contributed by atoms with van der Waals surface area (Å²) in [5, 5.41) is 0. The second-order valence-corrected chi connectivity index (χ2v) is 8.03. The summed E-state index contributed by atoms with van der Waals surface area (Å²) in [5.41, 5.74) is 2.45. The van der Waals surface area contributed by atoms with Crippen LogP contribution in [0.5, 0.6) is 23.0 Å². The van der Waals surface area contributed by atoms with Crippen molar-refractivity contribution in [1.82, 2.24) is 0 Å². The van der Waals surface area contributed by atoms with Crippen LogP contribution in [0, 0.1) is 6.57 Å². The third-order valence-corrected chi connectivity index (χ3v) is 5.25. The van der Waals surface area contributed by atoms with Crippen LogP contribution in [-0.4, -0.2) is 40.0 Å². The van der Waals surface area contributed by atoms with Gasteiger partial charge in [0.1, 0.15) is 0 Å². The van der Waals surface area contributed by atoms with Crippen LogP contribution in [0.3, 0.4) is 0 Å². The van der Waals surface area contributed by atoms with Crippen molar-refractivity contribution in [2.24, 2.45) is 0 Å². The number of methoxy groups -OCH3 is 2. The van der Waals surface area contributed by atoms with Crippen LogP contribution in [-0.2, 0) is 9.53 Å². The predicted octanol–water partition coefficient (Wildman–Crippen LogP) is 6.58. The number of unbranched alkanes of at least 4 members (excludes halogenated alkanes) is 3. The molecule has 2 aromatic rings. The van der Waals surface area contributed by atoms with Crippen LogP contribution in [0.1, 0.15) is 50.7 Å². The summed E-state index contributed by atoms with van der Waals surface area (Å²) in [4.78, 5) is 15.1. The maximum absolute atomic E-state index is 11.4. The molecule has 0 aliphatic carbocycles. The third-order valence-electron chi connectivity index (χ3n) is 5.25. The first-order valence-corrected chi connectivity index (χ1v) is 12.0. The van der Waals surface area contributed by atoms with Gasteiger partial charge in [-0.05, 0) is 81.0 Å². The molecular formula is C29H35NO6. The van der Waals surface area contributed by atoms with E-state index >= 15 is 0 Å². The summed E-state index contributed by atoms with van der Waals surface area (Å²) in [7, 11) is 3.14. The average molecular weight is 494 g/mol. The lowest BCUT2D eigenvalue weighted by Crippen LogP contribution is -2.06. The van der Waals surface area contributed by atoms with E-state index in [1.807, 2.05) is 31.2 Å². The first-order valence-electron chi connectivity index (χ1n) is 12.0. The summed E-state index contributed by atoms with van der Waals surface area (Å²) in [5.74, 6) is 2.13. The number of carbonyl (C=O) groups excluding carboxylic acids is 1. The topological polar surface area (TPSA) is 67.6 Å². The van der Waals surface area contributed by atoms with Crippen molar-refractivity contribution in [1.29, 1.82) is 0 Å². The summed E-state index contributed by atoms with van der Waals surface area (Å²) in [6.07, 6.45) is 5.41. The quantitative estimate of drug-likeness (QED) is 0.0918. The minimum Gasteiger partial charge on any atom is -0.493 e. The maximum Gasteiger partial charge on any atom is 0.333 e. The van der Waals surface area contributed by atoms with Gasteiger partial charge in [0.15, 0.2) is 28.7 Å². The fraction of sp³-hybridized carbons (Fsp3) is 0.379. The standard InChI is InChI=1S/C29H35NO6/c1-7-34-28-19-22(18-24(30-4)23-13-15-25(32-5)27(20-23)33-6)12-14-26(28)35-16-10-8-9-11-17-36-29(31)21(2)3/h12-15,18-20H,2,7-11,16-17H2,1,3,5-6H3/b24-18-. The van der Waals surface area contributed by atoms with Gasteiger partial charge in [0.05, 0.1) is 40.6 Å². The number of hydrogen-bond acceptors (Lipinski definition) is 6. The average Bonchev–Trinajstić information content (AvgIpc) is 2.89. The Morgan fingerprint density at radius 1 is 0.917 bits per heavy atom. The lowest BCUT2D eigenvalue weighted by atomic mass is 10.1. The second-order valence-electron chi connectivity index (χ2n) is 8.03. The van der Waals surface area contributed by atoms with Gasteiger partial charge in [-0.2, -0.15) is 0 Å². The highest BCUT2D eigenvalue weighted by molar-refractivity contribution is 5.87. The van der Waals surface area contributed by atoms with Gasteiger partial charge in [-0.1, -0.05) is 18.7 Å². The van der Waals surface area contributed by atoms with Crippen LogP contribution >= 0.6 is 0 Å². The van der Waals surface area contributed by atoms with E-state index in [2.05, 4.69) is 11.4 Å². The molecule has 36 heavy (non-hydrogen) atoms. The summed E-state index contributed by atoms with van der Waals surface area (Å²) < 4.78 is 27.5. The van der Waals surface area contributed by atoms with Gasteiger partial charge in [-0.15, -0.1) is 0 Å². The number of benzene rings is 2. The molecule has 0 fully saturated rings. The molecule has 0 N–H and O–H groups in total. The molecule has 0 saturated heterocycles. The molecule has 0 spiro atoms. The molecule has 2 rings (SSSR count). The Hall–Kier alpha value is -3.92. The van der Waals surface area contributed by atoms with Gasteiger partial charge in [0.25, 0.3) is 0 Å². The van der Waals surface area contributed by atoms with Crippen molar-refractivity contribution in [3.8, 4) is 23.0 Å². The Bertz CT molecular complexity index is 1100. The first kappa shape index (κ1) is 28.3. The van der Waals surface area contributed by atoms with Crippen molar-refractivity contribution in [3.05, 3.63) is 71.1 Å². The van der Waals surface area contributed by atoms with E-state index in [0.29, 0.717) is 54.1 Å². The van der Waals surface area contributed by atoms with E-state index in [1.165, 1.54) is 0 Å². The zero-order valence-electron chi connectivity index (χ0n) is 21.6. The van der Waals surface area contributed by atoms with Crippen LogP contribution in [0.4, 0.5) is 0 Å². The van der Waals surface area contributed by atoms with Gasteiger partial charge in [-0.25, -0.2) is 9.64 Å². The minimum atomic E-state index is -0.340. The van der Waals surface area contributed by atoms with Crippen molar-refractivity contribution in [2.75, 3.05) is 34.0 Å². The highest BCUT2D eigenvalue weighted by atomic mass is 16.5. The largest absolute Gasteiger partial charge is 0.493 e. The molecule has 7 nitrogen and oxygen atoms in total. The molecule has 0 atom stereocenters. The zero-order chi connectivity index (χ0) is 26.3. The second kappa shape index (κ2) is 15.2. The number of ether oxygens (including phenoxy) is 5. The number of hydrogen-bond donors (Lipinski definition) is 0. The summed E-state index contributed by atoms with van der Waals surface area (Å²) in [6.45, 7) is 16.2. The lowest BCUT2D eigenvalue weighted by molar-refractivity contribution is -0.139. The highest BCUT2D eigenvalue weighted by Gasteiger charge is 2.11. The fourth-order valence-corrected chi connectivity index (χ4v) is 3.36. The molecule has 0 aliphatic rings. The van der Waals surface area contributed by atoms with Crippen LogP contribution in [0.2, 0.25) is 0 Å². The van der Waals surface area contributed by atoms with Gasteiger partial charge >= 0.3 is 5.97 Å². The van der Waals surface area contributed by atoms with Crippen LogP contribution < -0.4 is 18.9 Å². The van der Waals surface area contributed by atoms with Crippen LogP contribution in [0.25, 0.3) is 16.6 Å². The molecule has 192 valence electrons. The molecule has 0 saturated carbocycles. The monoisotopic (exact) mass is 493 g/mol. The number of rotatable bonds is 15. The molecule has 0 aliphatic heterocycles. The number of carbonyl (C=O) groups is 1. The highest BCUT2D eigenvalue weighted by Crippen LogP contribution is 2.33. The molecule has 0 heterocycles. The van der Waals surface area contributed by atoms with E-state index < -0.39 is 0 Å². The fourth-order valence-electron chi connectivity index (χ4n) is 3.36. The lowest BCUT2D eigenvalue weighted by Gasteiger charge is -2.13. The Labute approximate surface area is 214 Å². The summed E-state index contributed by atoms with van der Waals surface area (Å²) in [6, 6.07) is 11.0. The van der Waals surface area contributed by atoms with Gasteiger partial charge in [-0.3, -0.25) is 0 Å². The van der Waals surface area contributed by atoms with Gasteiger partial charge in [0.2, 0.25) is 0 Å². The van der Waals surface area contributed by atoms with E-state index in [9.17, 15) is 4.79 Å². The third kappa shape index (κ3) is 8.70. The van der Waals surface area contributed by atoms with Gasteiger partial charge < -0.3 is 23.7 Å². The Balaban J connectivity index is 1.99. The van der Waals surface area contributed by atoms with Crippen molar-refractivity contribution >= 4 is 17.7 Å². The van der Waals surface area contributed by atoms with E-state index in [0.717, 1.165) is 36.8 Å². The van der Waals surface area contributed by atoms with Crippen molar-refractivity contribution in [3.63, 3.8) is 0 Å². The molecule has 0 amide bonds. The maximum atomic E-state index is 11.4. The molecule has 0 aromatic heterocycles. The molecule has 2 aromatic carbocycles. The molecule has 0 unspecified atom stereocenters. The van der Waals surface area contributed by atoms with E-state index in [-0.39, 0.29) is 5.97 Å². The Morgan fingerprint density at radius 3 is 2.25 bits per heavy atom.